The molecule has 0 saturated heterocycles. The summed E-state index contributed by atoms with van der Waals surface area (Å²) in [7, 11) is 4.59. The fraction of sp³-hybridized carbons (Fsp3) is 0.438. The SMILES string of the molecule is COC(=O)C(C)(C)CC(=O)Nc1ccc(NC(=O)N(C)C)cc1. The lowest BCUT2D eigenvalue weighted by molar-refractivity contribution is -0.152. The normalized spacial score (nSPS) is 10.7. The minimum Gasteiger partial charge on any atom is -0.469 e. The van der Waals surface area contributed by atoms with Gasteiger partial charge in [0, 0.05) is 31.9 Å². The molecule has 0 aromatic heterocycles. The number of hydrogen-bond acceptors (Lipinski definition) is 4. The van der Waals surface area contributed by atoms with E-state index in [1.165, 1.54) is 12.0 Å². The number of anilines is 2. The van der Waals surface area contributed by atoms with Gasteiger partial charge in [0.1, 0.15) is 0 Å². The summed E-state index contributed by atoms with van der Waals surface area (Å²) in [5.41, 5.74) is 0.313. The van der Waals surface area contributed by atoms with Crippen LogP contribution in [0, 0.1) is 5.41 Å². The Bertz CT molecular complexity index is 579. The van der Waals surface area contributed by atoms with Gasteiger partial charge in [0.15, 0.2) is 0 Å². The average Bonchev–Trinajstić information content (AvgIpc) is 2.47. The Labute approximate surface area is 136 Å². The van der Waals surface area contributed by atoms with Gasteiger partial charge in [-0.1, -0.05) is 0 Å². The van der Waals surface area contributed by atoms with E-state index in [-0.39, 0.29) is 18.4 Å². The summed E-state index contributed by atoms with van der Waals surface area (Å²) in [6.07, 6.45) is 0.0127. The van der Waals surface area contributed by atoms with Gasteiger partial charge in [-0.05, 0) is 38.1 Å². The van der Waals surface area contributed by atoms with Gasteiger partial charge in [-0.3, -0.25) is 9.59 Å². The standard InChI is InChI=1S/C16H23N3O4/c1-16(2,14(21)23-5)10-13(20)17-11-6-8-12(9-7-11)18-15(22)19(3)4/h6-9H,10H2,1-5H3,(H,17,20)(H,18,22). The van der Waals surface area contributed by atoms with Crippen LogP contribution in [0.25, 0.3) is 0 Å². The van der Waals surface area contributed by atoms with Crippen LogP contribution in [-0.2, 0) is 14.3 Å². The number of carbonyl (C=O) groups excluding carboxylic acids is 3. The smallest absolute Gasteiger partial charge is 0.321 e. The summed E-state index contributed by atoms with van der Waals surface area (Å²) >= 11 is 0. The third-order valence-electron chi connectivity index (χ3n) is 3.17. The predicted octanol–water partition coefficient (Wildman–Crippen LogP) is 2.31. The van der Waals surface area contributed by atoms with Crippen molar-refractivity contribution in [3.8, 4) is 0 Å². The van der Waals surface area contributed by atoms with Crippen LogP contribution < -0.4 is 10.6 Å². The first-order valence-electron chi connectivity index (χ1n) is 7.12. The Kier molecular flexibility index (Phi) is 6.12. The molecule has 0 saturated carbocycles. The van der Waals surface area contributed by atoms with E-state index in [2.05, 4.69) is 15.4 Å². The van der Waals surface area contributed by atoms with Crippen molar-refractivity contribution in [2.24, 2.45) is 5.41 Å². The van der Waals surface area contributed by atoms with E-state index in [1.54, 1.807) is 52.2 Å². The number of nitrogens with zero attached hydrogens (tertiary/aromatic N) is 1. The quantitative estimate of drug-likeness (QED) is 0.815. The van der Waals surface area contributed by atoms with Crippen molar-refractivity contribution >= 4 is 29.3 Å². The monoisotopic (exact) mass is 321 g/mol. The number of methoxy groups -OCH3 is 1. The van der Waals surface area contributed by atoms with E-state index >= 15 is 0 Å². The molecule has 0 atom stereocenters. The molecule has 0 heterocycles. The van der Waals surface area contributed by atoms with Gasteiger partial charge < -0.3 is 20.3 Å². The minimum atomic E-state index is -0.890. The molecule has 0 radical (unpaired) electrons. The summed E-state index contributed by atoms with van der Waals surface area (Å²) in [6, 6.07) is 6.48. The van der Waals surface area contributed by atoms with Crippen LogP contribution in [-0.4, -0.2) is 44.0 Å². The van der Waals surface area contributed by atoms with Gasteiger partial charge in [-0.25, -0.2) is 4.79 Å². The molecule has 0 spiro atoms. The number of amides is 3. The Morgan fingerprint density at radius 2 is 1.52 bits per heavy atom. The molecule has 0 aliphatic rings. The molecule has 0 unspecified atom stereocenters. The molecule has 0 aliphatic heterocycles. The van der Waals surface area contributed by atoms with E-state index in [9.17, 15) is 14.4 Å². The molecule has 1 rings (SSSR count). The molecular formula is C16H23N3O4. The summed E-state index contributed by atoms with van der Waals surface area (Å²) in [5.74, 6) is -0.722. The third-order valence-corrected chi connectivity index (χ3v) is 3.17. The van der Waals surface area contributed by atoms with Crippen LogP contribution in [0.2, 0.25) is 0 Å². The Morgan fingerprint density at radius 1 is 1.04 bits per heavy atom. The maximum absolute atomic E-state index is 12.0. The number of rotatable bonds is 5. The molecule has 0 fully saturated rings. The number of esters is 1. The minimum absolute atomic E-state index is 0.0127. The number of benzene rings is 1. The first-order chi connectivity index (χ1) is 10.7. The van der Waals surface area contributed by atoms with Crippen molar-refractivity contribution in [2.45, 2.75) is 20.3 Å². The van der Waals surface area contributed by atoms with Crippen LogP contribution >= 0.6 is 0 Å². The van der Waals surface area contributed by atoms with Crippen molar-refractivity contribution in [1.82, 2.24) is 4.90 Å². The van der Waals surface area contributed by atoms with E-state index in [1.807, 2.05) is 0 Å². The predicted molar refractivity (Wildman–Crippen MR) is 88.2 cm³/mol. The second-order valence-corrected chi connectivity index (χ2v) is 6.00. The van der Waals surface area contributed by atoms with E-state index in [0.717, 1.165) is 0 Å². The highest BCUT2D eigenvalue weighted by Crippen LogP contribution is 2.23. The summed E-state index contributed by atoms with van der Waals surface area (Å²) in [4.78, 5) is 36.5. The maximum Gasteiger partial charge on any atom is 0.321 e. The van der Waals surface area contributed by atoms with Crippen molar-refractivity contribution in [3.63, 3.8) is 0 Å². The van der Waals surface area contributed by atoms with E-state index in [4.69, 9.17) is 0 Å². The van der Waals surface area contributed by atoms with Crippen molar-refractivity contribution in [3.05, 3.63) is 24.3 Å². The molecule has 1 aromatic rings. The Morgan fingerprint density at radius 3 is 1.96 bits per heavy atom. The van der Waals surface area contributed by atoms with Crippen molar-refractivity contribution in [1.29, 1.82) is 0 Å². The van der Waals surface area contributed by atoms with Gasteiger partial charge in [0.05, 0.1) is 12.5 Å². The lowest BCUT2D eigenvalue weighted by atomic mass is 9.89. The highest BCUT2D eigenvalue weighted by atomic mass is 16.5. The van der Waals surface area contributed by atoms with Crippen LogP contribution in [0.4, 0.5) is 16.2 Å². The first kappa shape index (κ1) is 18.5. The Balaban J connectivity index is 2.63. The molecule has 1 aromatic carbocycles. The van der Waals surface area contributed by atoms with Crippen LogP contribution in [0.15, 0.2) is 24.3 Å². The molecule has 7 heteroatoms. The lowest BCUT2D eigenvalue weighted by Gasteiger charge is -2.20. The number of carbonyl (C=O) groups is 3. The topological polar surface area (TPSA) is 87.7 Å². The summed E-state index contributed by atoms with van der Waals surface area (Å²) in [5, 5.41) is 5.41. The summed E-state index contributed by atoms with van der Waals surface area (Å²) < 4.78 is 4.67. The molecule has 126 valence electrons. The van der Waals surface area contributed by atoms with E-state index in [0.29, 0.717) is 11.4 Å². The number of nitrogens with one attached hydrogen (secondary N) is 2. The zero-order valence-electron chi connectivity index (χ0n) is 14.1. The number of urea groups is 1. The number of hydrogen-bond donors (Lipinski definition) is 2. The zero-order valence-corrected chi connectivity index (χ0v) is 14.1. The van der Waals surface area contributed by atoms with E-state index < -0.39 is 11.4 Å². The van der Waals surface area contributed by atoms with Gasteiger partial charge >= 0.3 is 12.0 Å². The molecular weight excluding hydrogens is 298 g/mol. The van der Waals surface area contributed by atoms with Gasteiger partial charge in [-0.2, -0.15) is 0 Å². The molecule has 7 nitrogen and oxygen atoms in total. The lowest BCUT2D eigenvalue weighted by Crippen LogP contribution is -2.30. The fourth-order valence-corrected chi connectivity index (χ4v) is 1.83. The number of ether oxygens (including phenoxy) is 1. The van der Waals surface area contributed by atoms with Crippen LogP contribution in [0.3, 0.4) is 0 Å². The second kappa shape index (κ2) is 7.62. The molecule has 0 bridgehead atoms. The third kappa shape index (κ3) is 5.61. The fourth-order valence-electron chi connectivity index (χ4n) is 1.83. The molecule has 3 amide bonds. The second-order valence-electron chi connectivity index (χ2n) is 6.00. The highest BCUT2D eigenvalue weighted by molar-refractivity contribution is 5.95. The van der Waals surface area contributed by atoms with Crippen LogP contribution in [0.5, 0.6) is 0 Å². The van der Waals surface area contributed by atoms with Crippen LogP contribution in [0.1, 0.15) is 20.3 Å². The average molecular weight is 321 g/mol. The summed E-state index contributed by atoms with van der Waals surface area (Å²) in [6.45, 7) is 3.30. The zero-order chi connectivity index (χ0) is 17.6. The van der Waals surface area contributed by atoms with Gasteiger partial charge in [0.25, 0.3) is 0 Å². The van der Waals surface area contributed by atoms with Crippen molar-refractivity contribution < 1.29 is 19.1 Å². The molecule has 23 heavy (non-hydrogen) atoms. The Hall–Kier alpha value is -2.57. The molecule has 0 aliphatic carbocycles. The van der Waals surface area contributed by atoms with Gasteiger partial charge in [-0.15, -0.1) is 0 Å². The van der Waals surface area contributed by atoms with Crippen molar-refractivity contribution in [2.75, 3.05) is 31.8 Å². The highest BCUT2D eigenvalue weighted by Gasteiger charge is 2.31. The molecule has 2 N–H and O–H groups in total. The van der Waals surface area contributed by atoms with Gasteiger partial charge in [0.2, 0.25) is 5.91 Å². The maximum atomic E-state index is 12.0. The first-order valence-corrected chi connectivity index (χ1v) is 7.12. The largest absolute Gasteiger partial charge is 0.469 e.